The van der Waals surface area contributed by atoms with E-state index in [0.29, 0.717) is 12.3 Å². The van der Waals surface area contributed by atoms with Crippen molar-refractivity contribution < 1.29 is 5.11 Å². The van der Waals surface area contributed by atoms with Crippen LogP contribution in [0, 0.1) is 5.92 Å². The van der Waals surface area contributed by atoms with Crippen LogP contribution < -0.4 is 5.32 Å². The Hall–Kier alpha value is -0.695. The number of allylic oxidation sites excluding steroid dienone is 2. The lowest BCUT2D eigenvalue weighted by atomic mass is 9.71. The average Bonchev–Trinajstić information content (AvgIpc) is 2.16. The molecule has 2 unspecified atom stereocenters. The molecule has 0 spiro atoms. The molecule has 0 saturated heterocycles. The molecule has 0 aliphatic carbocycles. The van der Waals surface area contributed by atoms with E-state index in [1.807, 2.05) is 19.2 Å². The number of aliphatic hydroxyl groups is 1. The molecular weight excluding hydrogens is 197 g/mol. The summed E-state index contributed by atoms with van der Waals surface area (Å²) in [6, 6.07) is -0.185. The minimum atomic E-state index is -1.16. The summed E-state index contributed by atoms with van der Waals surface area (Å²) < 4.78 is 0. The molecule has 1 rings (SSSR count). The van der Waals surface area contributed by atoms with Crippen molar-refractivity contribution in [3.63, 3.8) is 0 Å². The quantitative estimate of drug-likeness (QED) is 0.709. The van der Waals surface area contributed by atoms with Gasteiger partial charge in [0.2, 0.25) is 0 Å². The molecule has 88 valence electrons. The second kappa shape index (κ2) is 5.09. The first-order valence-electron chi connectivity index (χ1n) is 6.04. The van der Waals surface area contributed by atoms with Crippen molar-refractivity contribution in [2.75, 3.05) is 0 Å². The molecule has 2 N–H and O–H groups in total. The molecule has 2 nitrogen and oxygen atoms in total. The molecule has 3 heteroatoms. The third kappa shape index (κ3) is 2.91. The van der Waals surface area contributed by atoms with Crippen molar-refractivity contribution in [2.24, 2.45) is 5.92 Å². The Kier molecular flexibility index (Phi) is 4.25. The van der Waals surface area contributed by atoms with Crippen LogP contribution in [0.15, 0.2) is 23.4 Å². The van der Waals surface area contributed by atoms with Gasteiger partial charge >= 0.3 is 0 Å². The van der Waals surface area contributed by atoms with Gasteiger partial charge in [0, 0.05) is 11.7 Å². The van der Waals surface area contributed by atoms with Crippen LogP contribution in [0.3, 0.4) is 0 Å². The highest BCUT2D eigenvalue weighted by atomic mass is 16.3. The van der Waals surface area contributed by atoms with E-state index in [0.717, 1.165) is 6.42 Å². The van der Waals surface area contributed by atoms with Crippen molar-refractivity contribution in [3.05, 3.63) is 23.4 Å². The number of hydrogen-bond acceptors (Lipinski definition) is 2. The van der Waals surface area contributed by atoms with Gasteiger partial charge in [-0.25, -0.2) is 0 Å². The highest BCUT2D eigenvalue weighted by molar-refractivity contribution is 6.15. The molecule has 0 fully saturated rings. The molecular formula is C13H22BNO. The van der Waals surface area contributed by atoms with E-state index in [1.165, 1.54) is 11.1 Å². The third-order valence-electron chi connectivity index (χ3n) is 3.10. The van der Waals surface area contributed by atoms with Crippen molar-refractivity contribution in [1.82, 2.24) is 5.32 Å². The van der Waals surface area contributed by atoms with Gasteiger partial charge in [-0.3, -0.25) is 0 Å². The predicted molar refractivity (Wildman–Crippen MR) is 69.2 cm³/mol. The van der Waals surface area contributed by atoms with Crippen LogP contribution in [0.4, 0.5) is 0 Å². The summed E-state index contributed by atoms with van der Waals surface area (Å²) in [6.45, 7) is 8.41. The molecule has 0 aromatic carbocycles. The molecule has 0 bridgehead atoms. The minimum absolute atomic E-state index is 0.185. The van der Waals surface area contributed by atoms with Crippen molar-refractivity contribution >= 4 is 7.85 Å². The standard InChI is InChI=1S/C13H22BNO/c1-5-6-13(14,16)12-7-10(4)11(8-15-12)9(2)3/h7-9,12,15-16H,5-6H2,1-4H3. The van der Waals surface area contributed by atoms with Gasteiger partial charge in [-0.1, -0.05) is 33.3 Å². The maximum Gasteiger partial charge on any atom is 0.116 e. The Morgan fingerprint density at radius 2 is 2.19 bits per heavy atom. The Balaban J connectivity index is 2.79. The number of dihydropyridines is 1. The van der Waals surface area contributed by atoms with Gasteiger partial charge in [0.25, 0.3) is 0 Å². The van der Waals surface area contributed by atoms with E-state index in [-0.39, 0.29) is 6.04 Å². The Bertz CT molecular complexity index is 305. The monoisotopic (exact) mass is 219 g/mol. The first kappa shape index (κ1) is 13.4. The summed E-state index contributed by atoms with van der Waals surface area (Å²) >= 11 is 0. The highest BCUT2D eigenvalue weighted by Gasteiger charge is 2.30. The van der Waals surface area contributed by atoms with E-state index >= 15 is 0 Å². The van der Waals surface area contributed by atoms with Gasteiger partial charge in [-0.05, 0) is 30.4 Å². The molecule has 0 aromatic heterocycles. The topological polar surface area (TPSA) is 32.3 Å². The Labute approximate surface area is 100 Å². The summed E-state index contributed by atoms with van der Waals surface area (Å²) in [5, 5.41) is 13.3. The van der Waals surface area contributed by atoms with Crippen LogP contribution in [0.1, 0.15) is 40.5 Å². The van der Waals surface area contributed by atoms with Crippen LogP contribution in [0.25, 0.3) is 0 Å². The zero-order valence-corrected chi connectivity index (χ0v) is 10.7. The highest BCUT2D eigenvalue weighted by Crippen LogP contribution is 2.25. The molecule has 0 aromatic rings. The zero-order valence-electron chi connectivity index (χ0n) is 10.7. The lowest BCUT2D eigenvalue weighted by Crippen LogP contribution is -2.50. The summed E-state index contributed by atoms with van der Waals surface area (Å²) in [7, 11) is 5.90. The summed E-state index contributed by atoms with van der Waals surface area (Å²) in [5.74, 6) is 0.488. The van der Waals surface area contributed by atoms with E-state index in [1.54, 1.807) is 0 Å². The molecule has 0 amide bonds. The smallest absolute Gasteiger partial charge is 0.116 e. The maximum absolute atomic E-state index is 10.1. The molecule has 2 radical (unpaired) electrons. The zero-order chi connectivity index (χ0) is 12.3. The Morgan fingerprint density at radius 3 is 2.62 bits per heavy atom. The van der Waals surface area contributed by atoms with Gasteiger partial charge < -0.3 is 10.4 Å². The van der Waals surface area contributed by atoms with Gasteiger partial charge in [0.05, 0.1) is 6.04 Å². The molecule has 1 aliphatic heterocycles. The number of hydrogen-bond donors (Lipinski definition) is 2. The molecule has 2 atom stereocenters. The lowest BCUT2D eigenvalue weighted by Gasteiger charge is -2.35. The minimum Gasteiger partial charge on any atom is -0.397 e. The van der Waals surface area contributed by atoms with Crippen LogP contribution in [0.2, 0.25) is 0 Å². The van der Waals surface area contributed by atoms with Gasteiger partial charge in [0.15, 0.2) is 0 Å². The van der Waals surface area contributed by atoms with E-state index in [9.17, 15) is 5.11 Å². The van der Waals surface area contributed by atoms with E-state index < -0.39 is 5.50 Å². The number of nitrogens with one attached hydrogen (secondary N) is 1. The summed E-state index contributed by atoms with van der Waals surface area (Å²) in [4.78, 5) is 0. The lowest BCUT2D eigenvalue weighted by molar-refractivity contribution is 0.0938. The average molecular weight is 219 g/mol. The molecule has 1 aliphatic rings. The Morgan fingerprint density at radius 1 is 1.56 bits per heavy atom. The fraction of sp³-hybridized carbons (Fsp3) is 0.692. The van der Waals surface area contributed by atoms with E-state index in [4.69, 9.17) is 7.85 Å². The molecule has 1 heterocycles. The van der Waals surface area contributed by atoms with Crippen LogP contribution in [-0.4, -0.2) is 24.5 Å². The van der Waals surface area contributed by atoms with Crippen LogP contribution in [0.5, 0.6) is 0 Å². The van der Waals surface area contributed by atoms with Crippen molar-refractivity contribution in [1.29, 1.82) is 0 Å². The molecule has 16 heavy (non-hydrogen) atoms. The SMILES string of the molecule is [B]C(O)(CCC)C1C=C(C)C(C(C)C)=CN1. The second-order valence-corrected chi connectivity index (χ2v) is 4.99. The van der Waals surface area contributed by atoms with Crippen molar-refractivity contribution in [3.8, 4) is 0 Å². The third-order valence-corrected chi connectivity index (χ3v) is 3.10. The molecule has 0 saturated carbocycles. The van der Waals surface area contributed by atoms with E-state index in [2.05, 4.69) is 26.1 Å². The largest absolute Gasteiger partial charge is 0.397 e. The van der Waals surface area contributed by atoms with Crippen molar-refractivity contribution in [2.45, 2.75) is 52.1 Å². The fourth-order valence-corrected chi connectivity index (χ4v) is 2.15. The van der Waals surface area contributed by atoms with Gasteiger partial charge in [-0.15, -0.1) is 0 Å². The van der Waals surface area contributed by atoms with Crippen LogP contribution in [-0.2, 0) is 0 Å². The first-order chi connectivity index (χ1) is 7.38. The van der Waals surface area contributed by atoms with Gasteiger partial charge in [-0.2, -0.15) is 0 Å². The fourth-order valence-electron chi connectivity index (χ4n) is 2.15. The van der Waals surface area contributed by atoms with Gasteiger partial charge in [0.1, 0.15) is 7.85 Å². The number of rotatable bonds is 4. The van der Waals surface area contributed by atoms with Crippen LogP contribution >= 0.6 is 0 Å². The predicted octanol–water partition coefficient (Wildman–Crippen LogP) is 2.10. The normalized spacial score (nSPS) is 24.5. The second-order valence-electron chi connectivity index (χ2n) is 4.99. The maximum atomic E-state index is 10.1. The summed E-state index contributed by atoms with van der Waals surface area (Å²) in [6.07, 6.45) is 5.49. The first-order valence-corrected chi connectivity index (χ1v) is 6.04. The summed E-state index contributed by atoms with van der Waals surface area (Å²) in [5.41, 5.74) is 1.33.